The summed E-state index contributed by atoms with van der Waals surface area (Å²) in [4.78, 5) is 24.9. The summed E-state index contributed by atoms with van der Waals surface area (Å²) >= 11 is 2.11. The van der Waals surface area contributed by atoms with E-state index in [0.29, 0.717) is 5.69 Å². The summed E-state index contributed by atoms with van der Waals surface area (Å²) in [6.07, 6.45) is -3.66. The van der Waals surface area contributed by atoms with Gasteiger partial charge in [0, 0.05) is 21.0 Å². The fraction of sp³-hybridized carbons (Fsp3) is 0.158. The van der Waals surface area contributed by atoms with Crippen LogP contribution in [0.25, 0.3) is 0 Å². The van der Waals surface area contributed by atoms with E-state index >= 15 is 0 Å². The van der Waals surface area contributed by atoms with Gasteiger partial charge >= 0.3 is 12.1 Å². The number of anilines is 1. The Balaban J connectivity index is 2.42. The van der Waals surface area contributed by atoms with Crippen LogP contribution in [0, 0.1) is 3.57 Å². The van der Waals surface area contributed by atoms with Crippen LogP contribution in [0.4, 0.5) is 18.9 Å². The van der Waals surface area contributed by atoms with E-state index in [-0.39, 0.29) is 6.61 Å². The minimum atomic E-state index is -4.73. The molecule has 0 saturated carbocycles. The first kappa shape index (κ1) is 20.9. The van der Waals surface area contributed by atoms with Crippen LogP contribution in [0.1, 0.15) is 22.8 Å². The molecule has 27 heavy (non-hydrogen) atoms. The fourth-order valence-electron chi connectivity index (χ4n) is 2.20. The molecule has 0 amide bonds. The number of Topliss-reactive ketones (excluding diaryl/α,β-unsaturated/α-hetero) is 1. The second kappa shape index (κ2) is 9.03. The van der Waals surface area contributed by atoms with Gasteiger partial charge in [-0.2, -0.15) is 13.2 Å². The van der Waals surface area contributed by atoms with E-state index in [0.717, 1.165) is 21.9 Å². The van der Waals surface area contributed by atoms with E-state index in [1.807, 2.05) is 0 Å². The number of halogens is 4. The average molecular weight is 489 g/mol. The van der Waals surface area contributed by atoms with Crippen molar-refractivity contribution in [1.82, 2.24) is 0 Å². The van der Waals surface area contributed by atoms with Crippen LogP contribution >= 0.6 is 22.6 Å². The molecular formula is C19H15F3INO3. The number of rotatable bonds is 6. The molecule has 0 unspecified atom stereocenters. The Labute approximate surface area is 167 Å². The van der Waals surface area contributed by atoms with Crippen molar-refractivity contribution in [3.8, 4) is 0 Å². The Bertz CT molecular complexity index is 861. The summed E-state index contributed by atoms with van der Waals surface area (Å²) < 4.78 is 45.4. The highest BCUT2D eigenvalue weighted by atomic mass is 127. The van der Waals surface area contributed by atoms with E-state index in [4.69, 9.17) is 4.74 Å². The average Bonchev–Trinajstić information content (AvgIpc) is 2.63. The van der Waals surface area contributed by atoms with Crippen molar-refractivity contribution in [2.75, 3.05) is 11.9 Å². The van der Waals surface area contributed by atoms with Crippen LogP contribution in [0.15, 0.2) is 60.3 Å². The van der Waals surface area contributed by atoms with Crippen molar-refractivity contribution in [3.63, 3.8) is 0 Å². The minimum absolute atomic E-state index is 0.0199. The van der Waals surface area contributed by atoms with Crippen LogP contribution in [-0.2, 0) is 15.7 Å². The zero-order valence-electron chi connectivity index (χ0n) is 14.1. The third-order valence-corrected chi connectivity index (χ3v) is 4.16. The quantitative estimate of drug-likeness (QED) is 0.154. The first-order valence-electron chi connectivity index (χ1n) is 7.84. The maximum absolute atomic E-state index is 13.2. The van der Waals surface area contributed by atoms with Gasteiger partial charge in [-0.25, -0.2) is 4.79 Å². The molecule has 0 spiro atoms. The molecule has 0 aliphatic heterocycles. The van der Waals surface area contributed by atoms with Gasteiger partial charge in [0.1, 0.15) is 5.57 Å². The van der Waals surface area contributed by atoms with Crippen LogP contribution in [0.3, 0.4) is 0 Å². The molecule has 0 atom stereocenters. The zero-order chi connectivity index (χ0) is 20.0. The summed E-state index contributed by atoms with van der Waals surface area (Å²) in [7, 11) is 0. The molecule has 0 heterocycles. The highest BCUT2D eigenvalue weighted by molar-refractivity contribution is 14.1. The van der Waals surface area contributed by atoms with Crippen molar-refractivity contribution >= 4 is 40.0 Å². The molecule has 4 nitrogen and oxygen atoms in total. The lowest BCUT2D eigenvalue weighted by molar-refractivity contribution is -0.139. The normalized spacial score (nSPS) is 11.8. The van der Waals surface area contributed by atoms with Gasteiger partial charge < -0.3 is 10.1 Å². The Morgan fingerprint density at radius 3 is 2.33 bits per heavy atom. The van der Waals surface area contributed by atoms with E-state index in [9.17, 15) is 22.8 Å². The van der Waals surface area contributed by atoms with Crippen molar-refractivity contribution in [2.45, 2.75) is 13.1 Å². The molecule has 2 aromatic carbocycles. The molecule has 1 N–H and O–H groups in total. The third kappa shape index (κ3) is 5.56. The van der Waals surface area contributed by atoms with Crippen LogP contribution in [0.2, 0.25) is 0 Å². The smallest absolute Gasteiger partial charge is 0.417 e. The van der Waals surface area contributed by atoms with Gasteiger partial charge in [0.15, 0.2) is 0 Å². The maximum Gasteiger partial charge on any atom is 0.417 e. The van der Waals surface area contributed by atoms with Gasteiger partial charge in [0.2, 0.25) is 5.78 Å². The molecule has 0 bridgehead atoms. The summed E-state index contributed by atoms with van der Waals surface area (Å²) in [5.41, 5.74) is -1.69. The predicted molar refractivity (Wildman–Crippen MR) is 103 cm³/mol. The molecule has 142 valence electrons. The highest BCUT2D eigenvalue weighted by Gasteiger charge is 2.36. The van der Waals surface area contributed by atoms with Crippen molar-refractivity contribution in [2.24, 2.45) is 0 Å². The number of alkyl halides is 3. The predicted octanol–water partition coefficient (Wildman–Crippen LogP) is 5.05. The summed E-state index contributed by atoms with van der Waals surface area (Å²) in [5, 5.41) is 2.75. The number of ether oxygens (including phenoxy) is 1. The number of hydrogen-bond donors (Lipinski definition) is 1. The number of hydrogen-bond acceptors (Lipinski definition) is 4. The summed E-state index contributed by atoms with van der Waals surface area (Å²) in [5.74, 6) is -2.07. The Morgan fingerprint density at radius 2 is 1.74 bits per heavy atom. The lowest BCUT2D eigenvalue weighted by Gasteiger charge is -2.13. The SMILES string of the molecule is CCOC(=O)/C(=C/Nc1ccc(I)cc1)C(=O)c1ccccc1C(F)(F)F. The molecule has 0 fully saturated rings. The lowest BCUT2D eigenvalue weighted by atomic mass is 9.98. The molecule has 0 aliphatic rings. The van der Waals surface area contributed by atoms with Crippen LogP contribution in [-0.4, -0.2) is 18.4 Å². The van der Waals surface area contributed by atoms with Gasteiger partial charge in [-0.3, -0.25) is 4.79 Å². The van der Waals surface area contributed by atoms with Gasteiger partial charge in [0.25, 0.3) is 0 Å². The van der Waals surface area contributed by atoms with Crippen molar-refractivity contribution in [3.05, 3.63) is 75.0 Å². The van der Waals surface area contributed by atoms with E-state index in [1.54, 1.807) is 24.3 Å². The zero-order valence-corrected chi connectivity index (χ0v) is 16.3. The Kier molecular flexibility index (Phi) is 7.00. The van der Waals surface area contributed by atoms with E-state index in [2.05, 4.69) is 27.9 Å². The molecule has 2 aromatic rings. The molecule has 0 radical (unpaired) electrons. The number of benzene rings is 2. The van der Waals surface area contributed by atoms with Gasteiger partial charge in [0.05, 0.1) is 12.2 Å². The first-order valence-corrected chi connectivity index (χ1v) is 8.92. The standard InChI is InChI=1S/C19H15F3INO3/c1-2-27-18(26)15(11-24-13-9-7-12(23)8-10-13)17(25)14-5-3-4-6-16(14)19(20,21)22/h3-11,24H,2H2,1H3/b15-11+. The van der Waals surface area contributed by atoms with Gasteiger partial charge in [-0.1, -0.05) is 18.2 Å². The largest absolute Gasteiger partial charge is 0.462 e. The number of nitrogens with one attached hydrogen (secondary N) is 1. The topological polar surface area (TPSA) is 55.4 Å². The second-order valence-corrected chi connectivity index (χ2v) is 6.55. The maximum atomic E-state index is 13.2. The number of esters is 1. The van der Waals surface area contributed by atoms with E-state index in [1.165, 1.54) is 19.1 Å². The number of ketones is 1. The van der Waals surface area contributed by atoms with E-state index < -0.39 is 34.6 Å². The fourth-order valence-corrected chi connectivity index (χ4v) is 2.56. The monoisotopic (exact) mass is 489 g/mol. The number of carbonyl (C=O) groups is 2. The third-order valence-electron chi connectivity index (χ3n) is 3.44. The Morgan fingerprint density at radius 1 is 1.11 bits per heavy atom. The van der Waals surface area contributed by atoms with Crippen LogP contribution in [0.5, 0.6) is 0 Å². The van der Waals surface area contributed by atoms with Crippen LogP contribution < -0.4 is 5.32 Å². The van der Waals surface area contributed by atoms with Crippen molar-refractivity contribution in [1.29, 1.82) is 0 Å². The Hall–Kier alpha value is -2.36. The first-order chi connectivity index (χ1) is 12.7. The van der Waals surface area contributed by atoms with Gasteiger partial charge in [-0.15, -0.1) is 0 Å². The molecule has 0 aliphatic carbocycles. The molecule has 0 aromatic heterocycles. The minimum Gasteiger partial charge on any atom is -0.462 e. The second-order valence-electron chi connectivity index (χ2n) is 5.30. The molecule has 8 heteroatoms. The highest BCUT2D eigenvalue weighted by Crippen LogP contribution is 2.33. The van der Waals surface area contributed by atoms with Crippen molar-refractivity contribution < 1.29 is 27.5 Å². The molecule has 2 rings (SSSR count). The molecular weight excluding hydrogens is 474 g/mol. The number of carbonyl (C=O) groups excluding carboxylic acids is 2. The summed E-state index contributed by atoms with van der Waals surface area (Å²) in [6.45, 7) is 1.52. The summed E-state index contributed by atoms with van der Waals surface area (Å²) in [6, 6.07) is 11.3. The lowest BCUT2D eigenvalue weighted by Crippen LogP contribution is -2.21. The molecule has 0 saturated heterocycles. The van der Waals surface area contributed by atoms with Gasteiger partial charge in [-0.05, 0) is 59.8 Å².